The van der Waals surface area contributed by atoms with Crippen LogP contribution >= 0.6 is 0 Å². The topological polar surface area (TPSA) is 137 Å². The van der Waals surface area contributed by atoms with E-state index in [0.717, 1.165) is 11.1 Å². The molecule has 1 atom stereocenters. The molecule has 10 nitrogen and oxygen atoms in total. The zero-order valence-electron chi connectivity index (χ0n) is 18.7. The van der Waals surface area contributed by atoms with Crippen molar-refractivity contribution in [1.82, 2.24) is 10.2 Å². The molecule has 0 radical (unpaired) electrons. The number of benzene rings is 1. The highest BCUT2D eigenvalue weighted by molar-refractivity contribution is 6.05. The predicted molar refractivity (Wildman–Crippen MR) is 117 cm³/mol. The molecule has 10 heteroatoms. The SMILES string of the molecule is NCCOCCOCCOCCC(=O)Cc1cccc2c1CN(C1CCC(=O)NC1=O)C2=O. The Bertz CT molecular complexity index is 874. The summed E-state index contributed by atoms with van der Waals surface area (Å²) < 4.78 is 16.0. The Morgan fingerprint density at radius 1 is 1.03 bits per heavy atom. The molecule has 1 unspecified atom stereocenters. The van der Waals surface area contributed by atoms with Crippen molar-refractivity contribution in [2.75, 3.05) is 46.2 Å². The summed E-state index contributed by atoms with van der Waals surface area (Å²) in [5.74, 6) is -1.01. The molecule has 0 bridgehead atoms. The number of rotatable bonds is 14. The van der Waals surface area contributed by atoms with Gasteiger partial charge in [-0.25, -0.2) is 0 Å². The van der Waals surface area contributed by atoms with Gasteiger partial charge in [0.05, 0.1) is 39.6 Å². The van der Waals surface area contributed by atoms with Gasteiger partial charge in [-0.3, -0.25) is 24.5 Å². The number of carbonyl (C=O) groups is 4. The van der Waals surface area contributed by atoms with Crippen LogP contribution in [0.4, 0.5) is 0 Å². The third kappa shape index (κ3) is 6.91. The van der Waals surface area contributed by atoms with Crippen molar-refractivity contribution in [1.29, 1.82) is 0 Å². The van der Waals surface area contributed by atoms with Crippen molar-refractivity contribution in [3.63, 3.8) is 0 Å². The van der Waals surface area contributed by atoms with Crippen LogP contribution in [-0.2, 0) is 41.6 Å². The Labute approximate surface area is 192 Å². The van der Waals surface area contributed by atoms with Gasteiger partial charge < -0.3 is 24.8 Å². The second-order valence-electron chi connectivity index (χ2n) is 7.93. The molecule has 2 aliphatic heterocycles. The van der Waals surface area contributed by atoms with E-state index in [1.165, 1.54) is 4.90 Å². The lowest BCUT2D eigenvalue weighted by Crippen LogP contribution is -2.52. The van der Waals surface area contributed by atoms with E-state index in [4.69, 9.17) is 19.9 Å². The minimum absolute atomic E-state index is 0.00593. The lowest BCUT2D eigenvalue weighted by atomic mass is 9.98. The maximum Gasteiger partial charge on any atom is 0.255 e. The first-order valence-corrected chi connectivity index (χ1v) is 11.2. The number of amides is 3. The number of nitrogens with one attached hydrogen (secondary N) is 1. The highest BCUT2D eigenvalue weighted by Crippen LogP contribution is 2.30. The number of hydrogen-bond donors (Lipinski definition) is 2. The Hall–Kier alpha value is -2.66. The van der Waals surface area contributed by atoms with E-state index in [0.29, 0.717) is 58.2 Å². The number of nitrogens with zero attached hydrogens (tertiary/aromatic N) is 1. The van der Waals surface area contributed by atoms with Gasteiger partial charge in [0.2, 0.25) is 11.8 Å². The molecule has 2 aliphatic rings. The summed E-state index contributed by atoms with van der Waals surface area (Å²) in [4.78, 5) is 50.4. The van der Waals surface area contributed by atoms with Gasteiger partial charge in [0.1, 0.15) is 11.8 Å². The van der Waals surface area contributed by atoms with E-state index >= 15 is 0 Å². The number of carbonyl (C=O) groups excluding carboxylic acids is 4. The van der Waals surface area contributed by atoms with E-state index in [-0.39, 0.29) is 43.4 Å². The zero-order chi connectivity index (χ0) is 23.6. The van der Waals surface area contributed by atoms with E-state index in [9.17, 15) is 19.2 Å². The number of fused-ring (bicyclic) bond motifs is 1. The summed E-state index contributed by atoms with van der Waals surface area (Å²) >= 11 is 0. The van der Waals surface area contributed by atoms with Gasteiger partial charge >= 0.3 is 0 Å². The van der Waals surface area contributed by atoms with Crippen LogP contribution in [-0.4, -0.2) is 80.6 Å². The number of piperidine rings is 1. The average Bonchev–Trinajstić information content (AvgIpc) is 3.12. The molecule has 180 valence electrons. The van der Waals surface area contributed by atoms with Crippen molar-refractivity contribution < 1.29 is 33.4 Å². The zero-order valence-corrected chi connectivity index (χ0v) is 18.7. The fourth-order valence-corrected chi connectivity index (χ4v) is 3.93. The van der Waals surface area contributed by atoms with E-state index in [1.807, 2.05) is 6.07 Å². The lowest BCUT2D eigenvalue weighted by molar-refractivity contribution is -0.137. The van der Waals surface area contributed by atoms with Crippen LogP contribution < -0.4 is 11.1 Å². The third-order valence-electron chi connectivity index (χ3n) is 5.60. The number of nitrogens with two attached hydrogens (primary N) is 1. The number of Topliss-reactive ketones (excluding diaryl/α,β-unsaturated/α-hetero) is 1. The molecule has 1 aromatic carbocycles. The molecule has 33 heavy (non-hydrogen) atoms. The molecule has 3 N–H and O–H groups in total. The fraction of sp³-hybridized carbons (Fsp3) is 0.565. The maximum atomic E-state index is 12.9. The molecule has 1 fully saturated rings. The minimum Gasteiger partial charge on any atom is -0.379 e. The van der Waals surface area contributed by atoms with Crippen LogP contribution in [0.25, 0.3) is 0 Å². The molecule has 2 heterocycles. The summed E-state index contributed by atoms with van der Waals surface area (Å²) in [5.41, 5.74) is 7.38. The molecule has 1 saturated heterocycles. The van der Waals surface area contributed by atoms with Crippen molar-refractivity contribution >= 4 is 23.5 Å². The Kier molecular flexibility index (Phi) is 9.49. The van der Waals surface area contributed by atoms with Gasteiger partial charge in [-0.05, 0) is 23.6 Å². The van der Waals surface area contributed by atoms with Gasteiger partial charge in [0.15, 0.2) is 0 Å². The van der Waals surface area contributed by atoms with Crippen LogP contribution in [0, 0.1) is 0 Å². The van der Waals surface area contributed by atoms with Crippen LogP contribution in [0.15, 0.2) is 18.2 Å². The van der Waals surface area contributed by atoms with Gasteiger partial charge in [-0.15, -0.1) is 0 Å². The molecular weight excluding hydrogens is 430 g/mol. The van der Waals surface area contributed by atoms with Crippen molar-refractivity contribution in [3.05, 3.63) is 34.9 Å². The highest BCUT2D eigenvalue weighted by atomic mass is 16.5. The maximum absolute atomic E-state index is 12.9. The van der Waals surface area contributed by atoms with Gasteiger partial charge in [0.25, 0.3) is 5.91 Å². The van der Waals surface area contributed by atoms with E-state index < -0.39 is 11.9 Å². The summed E-state index contributed by atoms with van der Waals surface area (Å²) in [6, 6.07) is 4.62. The second-order valence-corrected chi connectivity index (χ2v) is 7.93. The molecule has 3 rings (SSSR count). The van der Waals surface area contributed by atoms with Crippen LogP contribution in [0.5, 0.6) is 0 Å². The summed E-state index contributed by atoms with van der Waals surface area (Å²) in [6.07, 6.45) is 0.960. The molecule has 0 saturated carbocycles. The van der Waals surface area contributed by atoms with Gasteiger partial charge in [-0.1, -0.05) is 12.1 Å². The summed E-state index contributed by atoms with van der Waals surface area (Å²) in [7, 11) is 0. The summed E-state index contributed by atoms with van der Waals surface area (Å²) in [6.45, 7) is 3.31. The minimum atomic E-state index is -0.672. The Morgan fingerprint density at radius 3 is 2.42 bits per heavy atom. The molecular formula is C23H31N3O7. The lowest BCUT2D eigenvalue weighted by Gasteiger charge is -2.29. The average molecular weight is 462 g/mol. The molecule has 1 aromatic rings. The molecule has 0 aliphatic carbocycles. The van der Waals surface area contributed by atoms with Crippen molar-refractivity contribution in [2.24, 2.45) is 5.73 Å². The standard InChI is InChI=1S/C23H31N3O7/c24-7-9-32-11-13-33-12-10-31-8-6-17(27)14-16-2-1-3-18-19(16)15-26(23(18)30)20-4-5-21(28)25-22(20)29/h1-3,20H,4-15,24H2,(H,25,28,29). The first-order chi connectivity index (χ1) is 16.0. The van der Waals surface area contributed by atoms with Crippen LogP contribution in [0.3, 0.4) is 0 Å². The van der Waals surface area contributed by atoms with Gasteiger partial charge in [0, 0.05) is 37.9 Å². The van der Waals surface area contributed by atoms with E-state index in [1.54, 1.807) is 12.1 Å². The largest absolute Gasteiger partial charge is 0.379 e. The van der Waals surface area contributed by atoms with Crippen LogP contribution in [0.1, 0.15) is 40.7 Å². The van der Waals surface area contributed by atoms with Crippen molar-refractivity contribution in [3.8, 4) is 0 Å². The van der Waals surface area contributed by atoms with Crippen molar-refractivity contribution in [2.45, 2.75) is 38.3 Å². The van der Waals surface area contributed by atoms with E-state index in [2.05, 4.69) is 5.32 Å². The normalized spacial score (nSPS) is 17.9. The first-order valence-electron chi connectivity index (χ1n) is 11.2. The monoisotopic (exact) mass is 461 g/mol. The van der Waals surface area contributed by atoms with Gasteiger partial charge in [-0.2, -0.15) is 0 Å². The van der Waals surface area contributed by atoms with Crippen LogP contribution in [0.2, 0.25) is 0 Å². The quantitative estimate of drug-likeness (QED) is 0.291. The molecule has 0 spiro atoms. The molecule has 3 amide bonds. The number of imide groups is 1. The first kappa shape index (κ1) is 25.0. The smallest absolute Gasteiger partial charge is 0.255 e. The third-order valence-corrected chi connectivity index (χ3v) is 5.60. The second kappa shape index (κ2) is 12.5. The number of ketones is 1. The molecule has 0 aromatic heterocycles. The summed E-state index contributed by atoms with van der Waals surface area (Å²) in [5, 5.41) is 2.29. The highest BCUT2D eigenvalue weighted by Gasteiger charge is 2.39. The Morgan fingerprint density at radius 2 is 1.73 bits per heavy atom. The Balaban J connectivity index is 1.42. The predicted octanol–water partition coefficient (Wildman–Crippen LogP) is -0.0422. The number of hydrogen-bond acceptors (Lipinski definition) is 8. The number of ether oxygens (including phenoxy) is 3. The fourth-order valence-electron chi connectivity index (χ4n) is 3.93.